The zero-order valence-electron chi connectivity index (χ0n) is 14.8. The molecule has 2 aromatic rings. The molecule has 1 fully saturated rings. The van der Waals surface area contributed by atoms with E-state index in [4.69, 9.17) is 4.74 Å². The Balaban J connectivity index is 1.90. The summed E-state index contributed by atoms with van der Waals surface area (Å²) in [5.41, 5.74) is 2.96. The number of hydrogen-bond donors (Lipinski definition) is 5. The molecular weight excluding hydrogens is 350 g/mol. The number of anilines is 1. The summed E-state index contributed by atoms with van der Waals surface area (Å²) in [7, 11) is 0. The van der Waals surface area contributed by atoms with Crippen molar-refractivity contribution in [3.05, 3.63) is 54.1 Å². The highest BCUT2D eigenvalue weighted by molar-refractivity contribution is 5.89. The minimum Gasteiger partial charge on any atom is -0.394 e. The minimum atomic E-state index is -1.42. The molecule has 0 bridgehead atoms. The molecule has 144 valence electrons. The van der Waals surface area contributed by atoms with Crippen LogP contribution in [0.4, 0.5) is 5.69 Å². The molecule has 1 heterocycles. The van der Waals surface area contributed by atoms with E-state index in [1.54, 1.807) is 24.3 Å². The number of ether oxygens (including phenoxy) is 1. The quantitative estimate of drug-likeness (QED) is 0.542. The Kier molecular flexibility index (Phi) is 5.88. The predicted molar refractivity (Wildman–Crippen MR) is 98.9 cm³/mol. The molecular formula is C20H23NO6. The van der Waals surface area contributed by atoms with Crippen LogP contribution < -0.4 is 5.32 Å². The Bertz CT molecular complexity index is 809. The fourth-order valence-electron chi connectivity index (χ4n) is 3.25. The summed E-state index contributed by atoms with van der Waals surface area (Å²) >= 11 is 0. The van der Waals surface area contributed by atoms with E-state index in [1.807, 2.05) is 24.3 Å². The van der Waals surface area contributed by atoms with Crippen LogP contribution in [0.3, 0.4) is 0 Å². The Morgan fingerprint density at radius 2 is 1.67 bits per heavy atom. The smallest absolute Gasteiger partial charge is 0.221 e. The van der Waals surface area contributed by atoms with Gasteiger partial charge < -0.3 is 30.5 Å². The highest BCUT2D eigenvalue weighted by atomic mass is 16.5. The third-order valence-corrected chi connectivity index (χ3v) is 4.62. The van der Waals surface area contributed by atoms with Gasteiger partial charge in [0.05, 0.1) is 6.61 Å². The van der Waals surface area contributed by atoms with Crippen molar-refractivity contribution in [3.63, 3.8) is 0 Å². The van der Waals surface area contributed by atoms with Crippen LogP contribution in [0.2, 0.25) is 0 Å². The van der Waals surface area contributed by atoms with Crippen molar-refractivity contribution in [2.45, 2.75) is 37.4 Å². The van der Waals surface area contributed by atoms with Gasteiger partial charge in [0.2, 0.25) is 5.91 Å². The first-order valence-corrected chi connectivity index (χ1v) is 8.69. The van der Waals surface area contributed by atoms with Crippen molar-refractivity contribution in [1.29, 1.82) is 0 Å². The SMILES string of the molecule is CC(=O)Nc1cccc(-c2cccc([C@H]3O[C@H](CO)[C@@H](O)[C@H](O)[C@@H]3O)c2)c1. The van der Waals surface area contributed by atoms with Crippen molar-refractivity contribution in [1.82, 2.24) is 0 Å². The summed E-state index contributed by atoms with van der Waals surface area (Å²) in [6, 6.07) is 14.5. The van der Waals surface area contributed by atoms with Gasteiger partial charge in [0.25, 0.3) is 0 Å². The molecule has 0 unspecified atom stereocenters. The molecule has 1 aliphatic heterocycles. The first-order valence-electron chi connectivity index (χ1n) is 8.69. The molecule has 7 heteroatoms. The van der Waals surface area contributed by atoms with Crippen LogP contribution in [0, 0.1) is 0 Å². The van der Waals surface area contributed by atoms with Crippen LogP contribution in [-0.4, -0.2) is 57.4 Å². The van der Waals surface area contributed by atoms with Crippen molar-refractivity contribution in [2.24, 2.45) is 0 Å². The number of amides is 1. The topological polar surface area (TPSA) is 119 Å². The van der Waals surface area contributed by atoms with E-state index in [1.165, 1.54) is 6.92 Å². The average molecular weight is 373 g/mol. The van der Waals surface area contributed by atoms with E-state index in [-0.39, 0.29) is 5.91 Å². The third-order valence-electron chi connectivity index (χ3n) is 4.62. The summed E-state index contributed by atoms with van der Waals surface area (Å²) < 4.78 is 5.62. The van der Waals surface area contributed by atoms with E-state index in [0.29, 0.717) is 11.3 Å². The van der Waals surface area contributed by atoms with E-state index in [0.717, 1.165) is 11.1 Å². The molecule has 7 nitrogen and oxygen atoms in total. The zero-order valence-corrected chi connectivity index (χ0v) is 14.8. The maximum absolute atomic E-state index is 11.3. The highest BCUT2D eigenvalue weighted by Gasteiger charge is 2.43. The maximum atomic E-state index is 11.3. The molecule has 0 spiro atoms. The van der Waals surface area contributed by atoms with E-state index >= 15 is 0 Å². The molecule has 1 amide bonds. The van der Waals surface area contributed by atoms with E-state index in [9.17, 15) is 25.2 Å². The first kappa shape index (κ1) is 19.5. The fourth-order valence-corrected chi connectivity index (χ4v) is 3.25. The first-order chi connectivity index (χ1) is 12.9. The van der Waals surface area contributed by atoms with Crippen LogP contribution in [0.25, 0.3) is 11.1 Å². The second kappa shape index (κ2) is 8.16. The lowest BCUT2D eigenvalue weighted by Gasteiger charge is -2.40. The lowest BCUT2D eigenvalue weighted by molar-refractivity contribution is -0.231. The number of carbonyl (C=O) groups is 1. The Hall–Kier alpha value is -2.29. The molecule has 5 atom stereocenters. The van der Waals surface area contributed by atoms with Crippen LogP contribution in [0.5, 0.6) is 0 Å². The molecule has 0 aromatic heterocycles. The zero-order chi connectivity index (χ0) is 19.6. The predicted octanol–water partition coefficient (Wildman–Crippen LogP) is 0.827. The lowest BCUT2D eigenvalue weighted by Crippen LogP contribution is -2.55. The molecule has 1 saturated heterocycles. The summed E-state index contributed by atoms with van der Waals surface area (Å²) in [6.45, 7) is 0.965. The van der Waals surface area contributed by atoms with E-state index in [2.05, 4.69) is 5.32 Å². The van der Waals surface area contributed by atoms with E-state index < -0.39 is 37.1 Å². The van der Waals surface area contributed by atoms with Gasteiger partial charge >= 0.3 is 0 Å². The Labute approximate surface area is 156 Å². The van der Waals surface area contributed by atoms with Gasteiger partial charge in [0, 0.05) is 12.6 Å². The highest BCUT2D eigenvalue weighted by Crippen LogP contribution is 2.34. The second-order valence-electron chi connectivity index (χ2n) is 6.64. The minimum absolute atomic E-state index is 0.165. The number of aliphatic hydroxyl groups excluding tert-OH is 4. The summed E-state index contributed by atoms with van der Waals surface area (Å²) in [5.74, 6) is -0.165. The second-order valence-corrected chi connectivity index (χ2v) is 6.64. The number of aliphatic hydroxyl groups is 4. The number of rotatable bonds is 4. The lowest BCUT2D eigenvalue weighted by atomic mass is 9.90. The fraction of sp³-hybridized carbons (Fsp3) is 0.350. The van der Waals surface area contributed by atoms with Crippen LogP contribution in [0.1, 0.15) is 18.6 Å². The number of hydrogen-bond acceptors (Lipinski definition) is 6. The van der Waals surface area contributed by atoms with Crippen molar-refractivity contribution < 1.29 is 30.0 Å². The van der Waals surface area contributed by atoms with Crippen molar-refractivity contribution in [2.75, 3.05) is 11.9 Å². The van der Waals surface area contributed by atoms with Gasteiger partial charge in [-0.3, -0.25) is 4.79 Å². The van der Waals surface area contributed by atoms with Crippen LogP contribution in [0.15, 0.2) is 48.5 Å². The van der Waals surface area contributed by atoms with Crippen molar-refractivity contribution >= 4 is 11.6 Å². The standard InChI is InChI=1S/C20H23NO6/c1-11(23)21-15-7-3-5-13(9-15)12-4-2-6-14(8-12)20-19(26)18(25)17(24)16(10-22)27-20/h2-9,16-20,22,24-26H,10H2,1H3,(H,21,23)/t16-,17-,18+,19+,20-/m1/s1. The molecule has 0 radical (unpaired) electrons. The van der Waals surface area contributed by atoms with Gasteiger partial charge in [-0.25, -0.2) is 0 Å². The average Bonchev–Trinajstić information content (AvgIpc) is 2.66. The molecule has 5 N–H and O–H groups in total. The van der Waals surface area contributed by atoms with Crippen molar-refractivity contribution in [3.8, 4) is 11.1 Å². The van der Waals surface area contributed by atoms with Gasteiger partial charge in [0.1, 0.15) is 30.5 Å². The third kappa shape index (κ3) is 4.18. The van der Waals surface area contributed by atoms with Gasteiger partial charge in [-0.2, -0.15) is 0 Å². The van der Waals surface area contributed by atoms with Crippen LogP contribution in [-0.2, 0) is 9.53 Å². The summed E-state index contributed by atoms with van der Waals surface area (Å²) in [6.07, 6.45) is -5.99. The molecule has 0 aliphatic carbocycles. The summed E-state index contributed by atoms with van der Waals surface area (Å²) in [5, 5.41) is 42.3. The Morgan fingerprint density at radius 3 is 2.33 bits per heavy atom. The normalized spacial score (nSPS) is 28.0. The molecule has 0 saturated carbocycles. The molecule has 2 aromatic carbocycles. The van der Waals surface area contributed by atoms with Crippen LogP contribution >= 0.6 is 0 Å². The largest absolute Gasteiger partial charge is 0.394 e. The molecule has 1 aliphatic rings. The number of nitrogens with one attached hydrogen (secondary N) is 1. The monoisotopic (exact) mass is 373 g/mol. The Morgan fingerprint density at radius 1 is 1.00 bits per heavy atom. The number of benzene rings is 2. The number of carbonyl (C=O) groups excluding carboxylic acids is 1. The molecule has 27 heavy (non-hydrogen) atoms. The summed E-state index contributed by atoms with van der Waals surface area (Å²) in [4.78, 5) is 11.3. The van der Waals surface area contributed by atoms with Gasteiger partial charge in [-0.1, -0.05) is 30.3 Å². The van der Waals surface area contributed by atoms with Gasteiger partial charge in [0.15, 0.2) is 0 Å². The maximum Gasteiger partial charge on any atom is 0.221 e. The van der Waals surface area contributed by atoms with Gasteiger partial charge in [-0.15, -0.1) is 0 Å². The van der Waals surface area contributed by atoms with Gasteiger partial charge in [-0.05, 0) is 34.9 Å². The molecule has 3 rings (SSSR count).